The molecule has 82 valence electrons. The lowest BCUT2D eigenvalue weighted by Crippen LogP contribution is -2.20. The van der Waals surface area contributed by atoms with Crippen LogP contribution in [0.5, 0.6) is 0 Å². The van der Waals surface area contributed by atoms with Crippen LogP contribution in [0, 0.1) is 0 Å². The summed E-state index contributed by atoms with van der Waals surface area (Å²) in [6, 6.07) is 0. The first-order valence-corrected chi connectivity index (χ1v) is 4.85. The van der Waals surface area contributed by atoms with Crippen molar-refractivity contribution in [1.82, 2.24) is 5.48 Å². The van der Waals surface area contributed by atoms with E-state index in [-0.39, 0.29) is 12.6 Å². The maximum absolute atomic E-state index is 10.9. The molecule has 0 aliphatic heterocycles. The topological polar surface area (TPSA) is 47.6 Å². The first-order valence-electron chi connectivity index (χ1n) is 4.85. The lowest BCUT2D eigenvalue weighted by molar-refractivity contribution is -0.141. The van der Waals surface area contributed by atoms with Gasteiger partial charge in [0, 0.05) is 12.1 Å². The monoisotopic (exact) mass is 201 g/mol. The summed E-state index contributed by atoms with van der Waals surface area (Å²) >= 11 is 0. The van der Waals surface area contributed by atoms with Crippen LogP contribution < -0.4 is 5.48 Å². The van der Waals surface area contributed by atoms with Crippen molar-refractivity contribution < 1.29 is 14.4 Å². The van der Waals surface area contributed by atoms with E-state index in [9.17, 15) is 4.79 Å². The largest absolute Gasteiger partial charge is 0.460 e. The number of hydrogen-bond donors (Lipinski definition) is 1. The highest BCUT2D eigenvalue weighted by atomic mass is 16.7. The third-order valence-electron chi connectivity index (χ3n) is 1.50. The standard InChI is InChI=1S/C10H19NO3/c1-4-5-6-11-14-8-7-13-10(12)9(2)3/h11H,2,4-8H2,1,3H3. The van der Waals surface area contributed by atoms with Crippen LogP contribution >= 0.6 is 0 Å². The second kappa shape index (κ2) is 8.72. The molecule has 1 N–H and O–H groups in total. The molecule has 0 spiro atoms. The van der Waals surface area contributed by atoms with Crippen molar-refractivity contribution >= 4 is 5.97 Å². The molecule has 0 aromatic carbocycles. The molecule has 0 unspecified atom stereocenters. The summed E-state index contributed by atoms with van der Waals surface area (Å²) in [6.07, 6.45) is 2.20. The van der Waals surface area contributed by atoms with Gasteiger partial charge in [-0.25, -0.2) is 10.3 Å². The van der Waals surface area contributed by atoms with Gasteiger partial charge in [-0.05, 0) is 13.3 Å². The zero-order valence-corrected chi connectivity index (χ0v) is 8.97. The van der Waals surface area contributed by atoms with Crippen molar-refractivity contribution in [1.29, 1.82) is 0 Å². The Labute approximate surface area is 85.2 Å². The summed E-state index contributed by atoms with van der Waals surface area (Å²) in [6.45, 7) is 8.63. The Bertz CT molecular complexity index is 180. The minimum Gasteiger partial charge on any atom is -0.460 e. The zero-order valence-electron chi connectivity index (χ0n) is 8.97. The Morgan fingerprint density at radius 2 is 2.14 bits per heavy atom. The van der Waals surface area contributed by atoms with Gasteiger partial charge in [0.05, 0.1) is 0 Å². The predicted molar refractivity (Wildman–Crippen MR) is 54.6 cm³/mol. The molecule has 0 radical (unpaired) electrons. The van der Waals surface area contributed by atoms with Gasteiger partial charge in [-0.15, -0.1) is 0 Å². The van der Waals surface area contributed by atoms with Crippen LogP contribution in [0.2, 0.25) is 0 Å². The minimum absolute atomic E-state index is 0.255. The summed E-state index contributed by atoms with van der Waals surface area (Å²) in [5.74, 6) is -0.373. The van der Waals surface area contributed by atoms with Crippen molar-refractivity contribution in [2.45, 2.75) is 26.7 Å². The second-order valence-electron chi connectivity index (χ2n) is 3.01. The van der Waals surface area contributed by atoms with Gasteiger partial charge in [0.25, 0.3) is 0 Å². The number of hydroxylamine groups is 1. The average molecular weight is 201 g/mol. The van der Waals surface area contributed by atoms with E-state index in [0.29, 0.717) is 12.2 Å². The molecule has 0 rings (SSSR count). The Kier molecular flexibility index (Phi) is 8.17. The molecule has 0 aliphatic carbocycles. The first-order chi connectivity index (χ1) is 6.68. The second-order valence-corrected chi connectivity index (χ2v) is 3.01. The van der Waals surface area contributed by atoms with E-state index in [1.165, 1.54) is 0 Å². The highest BCUT2D eigenvalue weighted by Crippen LogP contribution is 1.91. The van der Waals surface area contributed by atoms with E-state index in [1.807, 2.05) is 0 Å². The van der Waals surface area contributed by atoms with Crippen molar-refractivity contribution in [3.8, 4) is 0 Å². The molecule has 0 amide bonds. The van der Waals surface area contributed by atoms with Crippen molar-refractivity contribution in [2.75, 3.05) is 19.8 Å². The highest BCUT2D eigenvalue weighted by molar-refractivity contribution is 5.86. The lowest BCUT2D eigenvalue weighted by atomic mass is 10.3. The number of hydrogen-bond acceptors (Lipinski definition) is 4. The van der Waals surface area contributed by atoms with E-state index < -0.39 is 0 Å². The number of carbonyl (C=O) groups excluding carboxylic acids is 1. The fourth-order valence-electron chi connectivity index (χ4n) is 0.693. The van der Waals surface area contributed by atoms with Crippen molar-refractivity contribution in [2.24, 2.45) is 0 Å². The molecule has 0 fully saturated rings. The molecule has 0 aromatic heterocycles. The number of rotatable bonds is 8. The normalized spacial score (nSPS) is 9.86. The number of esters is 1. The van der Waals surface area contributed by atoms with Gasteiger partial charge in [-0.2, -0.15) is 0 Å². The molecule has 0 bridgehead atoms. The van der Waals surface area contributed by atoms with E-state index in [0.717, 1.165) is 19.4 Å². The van der Waals surface area contributed by atoms with E-state index >= 15 is 0 Å². The average Bonchev–Trinajstić information content (AvgIpc) is 2.16. The summed E-state index contributed by atoms with van der Waals surface area (Å²) in [5.41, 5.74) is 3.18. The minimum atomic E-state index is -0.373. The van der Waals surface area contributed by atoms with Gasteiger partial charge in [-0.3, -0.25) is 4.84 Å². The predicted octanol–water partition coefficient (Wildman–Crippen LogP) is 1.43. The van der Waals surface area contributed by atoms with Crippen LogP contribution in [0.3, 0.4) is 0 Å². The van der Waals surface area contributed by atoms with Gasteiger partial charge in [0.1, 0.15) is 13.2 Å². The summed E-state index contributed by atoms with van der Waals surface area (Å²) in [4.78, 5) is 15.9. The van der Waals surface area contributed by atoms with E-state index in [1.54, 1.807) is 6.92 Å². The molecular weight excluding hydrogens is 182 g/mol. The van der Waals surface area contributed by atoms with Crippen LogP contribution in [-0.4, -0.2) is 25.7 Å². The third kappa shape index (κ3) is 7.76. The van der Waals surface area contributed by atoms with Crippen LogP contribution in [0.15, 0.2) is 12.2 Å². The molecular formula is C10H19NO3. The fourth-order valence-corrected chi connectivity index (χ4v) is 0.693. The third-order valence-corrected chi connectivity index (χ3v) is 1.50. The zero-order chi connectivity index (χ0) is 10.8. The first kappa shape index (κ1) is 13.1. The highest BCUT2D eigenvalue weighted by Gasteiger charge is 2.01. The van der Waals surface area contributed by atoms with Gasteiger partial charge in [0.15, 0.2) is 0 Å². The molecule has 0 saturated carbocycles. The van der Waals surface area contributed by atoms with Crippen LogP contribution in [0.1, 0.15) is 26.7 Å². The Balaban J connectivity index is 3.13. The molecule has 0 heterocycles. The molecule has 4 nitrogen and oxygen atoms in total. The molecule has 0 atom stereocenters. The number of unbranched alkanes of at least 4 members (excludes halogenated alkanes) is 1. The molecule has 14 heavy (non-hydrogen) atoms. The quantitative estimate of drug-likeness (QED) is 0.279. The number of carbonyl (C=O) groups is 1. The Hall–Kier alpha value is -0.870. The van der Waals surface area contributed by atoms with Crippen molar-refractivity contribution in [3.63, 3.8) is 0 Å². The Morgan fingerprint density at radius 1 is 1.43 bits per heavy atom. The van der Waals surface area contributed by atoms with Gasteiger partial charge in [0.2, 0.25) is 0 Å². The van der Waals surface area contributed by atoms with Gasteiger partial charge >= 0.3 is 5.97 Å². The summed E-state index contributed by atoms with van der Waals surface area (Å²) in [5, 5.41) is 0. The fraction of sp³-hybridized carbons (Fsp3) is 0.700. The van der Waals surface area contributed by atoms with Crippen LogP contribution in [0.25, 0.3) is 0 Å². The van der Waals surface area contributed by atoms with Crippen LogP contribution in [0.4, 0.5) is 0 Å². The SMILES string of the molecule is C=C(C)C(=O)OCCONCCCC. The maximum atomic E-state index is 10.9. The molecule has 0 aliphatic rings. The number of nitrogens with one attached hydrogen (secondary N) is 1. The summed E-state index contributed by atoms with van der Waals surface area (Å²) in [7, 11) is 0. The Morgan fingerprint density at radius 3 is 2.71 bits per heavy atom. The maximum Gasteiger partial charge on any atom is 0.333 e. The number of ether oxygens (including phenoxy) is 1. The van der Waals surface area contributed by atoms with Crippen molar-refractivity contribution in [3.05, 3.63) is 12.2 Å². The smallest absolute Gasteiger partial charge is 0.333 e. The molecule has 0 aromatic rings. The summed E-state index contributed by atoms with van der Waals surface area (Å²) < 4.78 is 4.81. The van der Waals surface area contributed by atoms with E-state index in [2.05, 4.69) is 19.0 Å². The van der Waals surface area contributed by atoms with E-state index in [4.69, 9.17) is 9.57 Å². The van der Waals surface area contributed by atoms with Gasteiger partial charge in [-0.1, -0.05) is 19.9 Å². The van der Waals surface area contributed by atoms with Gasteiger partial charge < -0.3 is 4.74 Å². The molecule has 4 heteroatoms. The molecule has 0 saturated heterocycles. The lowest BCUT2D eigenvalue weighted by Gasteiger charge is -2.06. The van der Waals surface area contributed by atoms with Crippen LogP contribution in [-0.2, 0) is 14.4 Å².